The van der Waals surface area contributed by atoms with E-state index < -0.39 is 12.0 Å². The fourth-order valence-corrected chi connectivity index (χ4v) is 3.61. The van der Waals surface area contributed by atoms with Gasteiger partial charge in [-0.15, -0.1) is 15.3 Å². The largest absolute Gasteiger partial charge is 0.453 e. The Hall–Kier alpha value is -2.75. The number of piperazine rings is 1. The van der Waals surface area contributed by atoms with Gasteiger partial charge < -0.3 is 4.90 Å². The van der Waals surface area contributed by atoms with Crippen molar-refractivity contribution in [3.8, 4) is 0 Å². The first-order valence-corrected chi connectivity index (χ1v) is 9.34. The molecule has 0 spiro atoms. The van der Waals surface area contributed by atoms with E-state index >= 15 is 0 Å². The summed E-state index contributed by atoms with van der Waals surface area (Å²) in [4.78, 5) is 4.28. The molecule has 0 radical (unpaired) electrons. The van der Waals surface area contributed by atoms with Crippen molar-refractivity contribution >= 4 is 11.5 Å². The van der Waals surface area contributed by atoms with Crippen molar-refractivity contribution in [1.82, 2.24) is 24.7 Å². The third-order valence-electron chi connectivity index (χ3n) is 5.21. The van der Waals surface area contributed by atoms with Gasteiger partial charge in [-0.05, 0) is 43.2 Å². The molecule has 2 aromatic heterocycles. The van der Waals surface area contributed by atoms with Gasteiger partial charge in [0.05, 0.1) is 0 Å². The highest BCUT2D eigenvalue weighted by atomic mass is 19.4. The average Bonchev–Trinajstić information content (AvgIpc) is 3.13. The zero-order valence-corrected chi connectivity index (χ0v) is 15.8. The number of anilines is 1. The minimum Gasteiger partial charge on any atom is -0.353 e. The van der Waals surface area contributed by atoms with E-state index in [9.17, 15) is 17.6 Å². The molecule has 1 aliphatic rings. The molecule has 4 rings (SSSR count). The van der Waals surface area contributed by atoms with E-state index in [4.69, 9.17) is 0 Å². The Labute approximate surface area is 164 Å². The maximum Gasteiger partial charge on any atom is 0.453 e. The third kappa shape index (κ3) is 4.16. The molecule has 1 aliphatic heterocycles. The summed E-state index contributed by atoms with van der Waals surface area (Å²) in [6, 6.07) is 9.93. The molecule has 29 heavy (non-hydrogen) atoms. The number of benzene rings is 1. The van der Waals surface area contributed by atoms with Crippen molar-refractivity contribution in [3.05, 3.63) is 53.6 Å². The number of fused-ring (bicyclic) bond motifs is 1. The fourth-order valence-electron chi connectivity index (χ4n) is 3.61. The summed E-state index contributed by atoms with van der Waals surface area (Å²) in [5.74, 6) is -0.907. The van der Waals surface area contributed by atoms with Gasteiger partial charge in [0.2, 0.25) is 0 Å². The summed E-state index contributed by atoms with van der Waals surface area (Å²) in [5, 5.41) is 10.9. The number of hydrogen-bond acceptors (Lipinski definition) is 5. The lowest BCUT2D eigenvalue weighted by atomic mass is 10.1. The van der Waals surface area contributed by atoms with Crippen molar-refractivity contribution in [2.24, 2.45) is 0 Å². The maximum absolute atomic E-state index is 13.1. The normalized spacial score (nSPS) is 17.1. The van der Waals surface area contributed by atoms with E-state index in [-0.39, 0.29) is 17.5 Å². The summed E-state index contributed by atoms with van der Waals surface area (Å²) in [7, 11) is 0. The molecule has 1 unspecified atom stereocenters. The predicted octanol–water partition coefficient (Wildman–Crippen LogP) is 3.04. The molecule has 10 heteroatoms. The molecule has 0 amide bonds. The van der Waals surface area contributed by atoms with Crippen molar-refractivity contribution in [1.29, 1.82) is 0 Å². The topological polar surface area (TPSA) is 49.6 Å². The molecule has 0 bridgehead atoms. The number of aromatic nitrogens is 4. The van der Waals surface area contributed by atoms with Crippen LogP contribution in [0.2, 0.25) is 0 Å². The zero-order chi connectivity index (χ0) is 20.6. The van der Waals surface area contributed by atoms with Crippen molar-refractivity contribution in [2.75, 3.05) is 31.1 Å². The van der Waals surface area contributed by atoms with Gasteiger partial charge in [0, 0.05) is 32.2 Å². The molecule has 1 aromatic carbocycles. The number of rotatable bonds is 4. The second-order valence-corrected chi connectivity index (χ2v) is 7.19. The van der Waals surface area contributed by atoms with Gasteiger partial charge in [0.1, 0.15) is 11.6 Å². The minimum atomic E-state index is -4.61. The SMILES string of the molecule is CC(Cc1ccc(F)cc1)N1CCN(c2ccc3nnc(C(F)(F)F)n3n2)CC1. The number of alkyl halides is 3. The number of nitrogens with zero attached hydrogens (tertiary/aromatic N) is 6. The zero-order valence-electron chi connectivity index (χ0n) is 15.8. The molecule has 3 aromatic rings. The minimum absolute atomic E-state index is 0.0626. The van der Waals surface area contributed by atoms with E-state index in [1.807, 2.05) is 4.90 Å². The lowest BCUT2D eigenvalue weighted by Crippen LogP contribution is -2.50. The van der Waals surface area contributed by atoms with Crippen LogP contribution >= 0.6 is 0 Å². The van der Waals surface area contributed by atoms with Gasteiger partial charge in [-0.3, -0.25) is 4.90 Å². The smallest absolute Gasteiger partial charge is 0.353 e. The van der Waals surface area contributed by atoms with Gasteiger partial charge in [-0.1, -0.05) is 12.1 Å². The van der Waals surface area contributed by atoms with Gasteiger partial charge in [-0.2, -0.15) is 17.7 Å². The monoisotopic (exact) mass is 408 g/mol. The van der Waals surface area contributed by atoms with Crippen LogP contribution in [0.4, 0.5) is 23.4 Å². The van der Waals surface area contributed by atoms with Crippen LogP contribution in [0.25, 0.3) is 5.65 Å². The second kappa shape index (κ2) is 7.58. The molecule has 6 nitrogen and oxygen atoms in total. The Kier molecular flexibility index (Phi) is 5.12. The summed E-state index contributed by atoms with van der Waals surface area (Å²) in [6.45, 7) is 4.94. The van der Waals surface area contributed by atoms with E-state index in [0.29, 0.717) is 18.9 Å². The van der Waals surface area contributed by atoms with E-state index in [1.165, 1.54) is 18.2 Å². The summed E-state index contributed by atoms with van der Waals surface area (Å²) < 4.78 is 53.0. The molecule has 3 heterocycles. The van der Waals surface area contributed by atoms with Crippen LogP contribution in [-0.2, 0) is 12.6 Å². The molecule has 0 N–H and O–H groups in total. The van der Waals surface area contributed by atoms with Crippen LogP contribution in [-0.4, -0.2) is 56.9 Å². The molecule has 0 saturated carbocycles. The highest BCUT2D eigenvalue weighted by Gasteiger charge is 2.38. The predicted molar refractivity (Wildman–Crippen MR) is 99.1 cm³/mol. The second-order valence-electron chi connectivity index (χ2n) is 7.19. The Morgan fingerprint density at radius 2 is 1.66 bits per heavy atom. The number of halogens is 4. The van der Waals surface area contributed by atoms with Crippen LogP contribution in [0, 0.1) is 5.82 Å². The summed E-state index contributed by atoms with van der Waals surface area (Å²) in [6.07, 6.45) is -3.81. The molecular formula is C19H20F4N6. The van der Waals surface area contributed by atoms with Gasteiger partial charge >= 0.3 is 6.18 Å². The first kappa shape index (κ1) is 19.6. The first-order chi connectivity index (χ1) is 13.8. The quantitative estimate of drug-likeness (QED) is 0.621. The highest BCUT2D eigenvalue weighted by Crippen LogP contribution is 2.28. The molecule has 1 atom stereocenters. The fraction of sp³-hybridized carbons (Fsp3) is 0.421. The van der Waals surface area contributed by atoms with Crippen molar-refractivity contribution < 1.29 is 17.6 Å². The third-order valence-corrected chi connectivity index (χ3v) is 5.21. The van der Waals surface area contributed by atoms with Crippen LogP contribution < -0.4 is 4.90 Å². The highest BCUT2D eigenvalue weighted by molar-refractivity contribution is 5.46. The molecule has 0 aliphatic carbocycles. The molecule has 1 fully saturated rings. The Morgan fingerprint density at radius 3 is 2.31 bits per heavy atom. The Morgan fingerprint density at radius 1 is 0.966 bits per heavy atom. The van der Waals surface area contributed by atoms with E-state index in [0.717, 1.165) is 29.6 Å². The van der Waals surface area contributed by atoms with Crippen LogP contribution in [0.1, 0.15) is 18.3 Å². The molecule has 154 valence electrons. The maximum atomic E-state index is 13.1. The van der Waals surface area contributed by atoms with Crippen LogP contribution in [0.5, 0.6) is 0 Å². The average molecular weight is 408 g/mol. The standard InChI is InChI=1S/C19H20F4N6/c1-13(12-14-2-4-15(20)5-3-14)27-8-10-28(11-9-27)17-7-6-16-24-25-18(19(21,22)23)29(16)26-17/h2-7,13H,8-12H2,1H3. The van der Waals surface area contributed by atoms with Crippen LogP contribution in [0.3, 0.4) is 0 Å². The molecule has 1 saturated heterocycles. The Balaban J connectivity index is 1.42. The summed E-state index contributed by atoms with van der Waals surface area (Å²) in [5.41, 5.74) is 1.13. The van der Waals surface area contributed by atoms with E-state index in [2.05, 4.69) is 27.1 Å². The lowest BCUT2D eigenvalue weighted by Gasteiger charge is -2.38. The van der Waals surface area contributed by atoms with Crippen LogP contribution in [0.15, 0.2) is 36.4 Å². The first-order valence-electron chi connectivity index (χ1n) is 9.34. The summed E-state index contributed by atoms with van der Waals surface area (Å²) >= 11 is 0. The van der Waals surface area contributed by atoms with Gasteiger partial charge in [0.25, 0.3) is 5.82 Å². The lowest BCUT2D eigenvalue weighted by molar-refractivity contribution is -0.146. The van der Waals surface area contributed by atoms with Crippen molar-refractivity contribution in [3.63, 3.8) is 0 Å². The Bertz CT molecular complexity index is 977. The van der Waals surface area contributed by atoms with Gasteiger partial charge in [0.15, 0.2) is 5.65 Å². The number of hydrogen-bond donors (Lipinski definition) is 0. The van der Waals surface area contributed by atoms with Gasteiger partial charge in [-0.25, -0.2) is 4.39 Å². The molecular weight excluding hydrogens is 388 g/mol. The van der Waals surface area contributed by atoms with E-state index in [1.54, 1.807) is 18.2 Å². The van der Waals surface area contributed by atoms with Crippen molar-refractivity contribution in [2.45, 2.75) is 25.6 Å².